The molecular weight excluding hydrogens is 134 g/mol. The predicted octanol–water partition coefficient (Wildman–Crippen LogP) is 0.112. The molecule has 0 rings (SSSR count). The quantitative estimate of drug-likeness (QED) is 0.583. The molecule has 0 aliphatic rings. The predicted molar refractivity (Wildman–Crippen MR) is 36.7 cm³/mol. The minimum Gasteiger partial charge on any atom is -0.444 e. The van der Waals surface area contributed by atoms with Crippen molar-refractivity contribution in [2.75, 3.05) is 7.05 Å². The van der Waals surface area contributed by atoms with E-state index in [4.69, 9.17) is 5.11 Å². The zero-order chi connectivity index (χ0) is 8.15. The van der Waals surface area contributed by atoms with Crippen molar-refractivity contribution in [2.45, 2.75) is 26.1 Å². The topological polar surface area (TPSA) is 58.6 Å². The summed E-state index contributed by atoms with van der Waals surface area (Å²) in [5.41, 5.74) is 0. The van der Waals surface area contributed by atoms with E-state index in [1.807, 2.05) is 0 Å². The first-order chi connectivity index (χ1) is 4.57. The van der Waals surface area contributed by atoms with Crippen LogP contribution in [-0.4, -0.2) is 30.5 Å². The number of amides is 1. The minimum atomic E-state index is -0.628. The highest BCUT2D eigenvalue weighted by Crippen LogP contribution is 1.96. The normalized spacial score (nSPS) is 15.6. The first-order valence-electron chi connectivity index (χ1n) is 3.14. The summed E-state index contributed by atoms with van der Waals surface area (Å²) in [6.07, 6.45) is -1.61. The second kappa shape index (κ2) is 4.11. The maximum Gasteiger partial charge on any atom is 0.407 e. The zero-order valence-corrected chi connectivity index (χ0v) is 6.42. The molecule has 60 valence electrons. The zero-order valence-electron chi connectivity index (χ0n) is 6.42. The summed E-state index contributed by atoms with van der Waals surface area (Å²) in [6, 6.07) is 0. The van der Waals surface area contributed by atoms with E-state index in [1.165, 1.54) is 7.05 Å². The Labute approximate surface area is 60.2 Å². The molecule has 2 N–H and O–H groups in total. The number of ether oxygens (including phenoxy) is 1. The number of hydrogen-bond acceptors (Lipinski definition) is 3. The molecule has 0 saturated carbocycles. The highest BCUT2D eigenvalue weighted by atomic mass is 16.6. The van der Waals surface area contributed by atoms with E-state index >= 15 is 0 Å². The van der Waals surface area contributed by atoms with E-state index in [0.717, 1.165) is 0 Å². The number of carbonyl (C=O) groups excluding carboxylic acids is 1. The van der Waals surface area contributed by atoms with Crippen LogP contribution >= 0.6 is 0 Å². The molecule has 0 aliphatic heterocycles. The summed E-state index contributed by atoms with van der Waals surface area (Å²) in [5, 5.41) is 11.1. The third kappa shape index (κ3) is 3.29. The standard InChI is InChI=1S/C6H13NO3/c1-4(8)5(2)10-6(9)7-3/h4-5,8H,1-3H3,(H,7,9). The molecule has 0 aromatic carbocycles. The number of alkyl carbamates (subject to hydrolysis) is 1. The van der Waals surface area contributed by atoms with Gasteiger partial charge in [0.2, 0.25) is 0 Å². The third-order valence-electron chi connectivity index (χ3n) is 1.18. The van der Waals surface area contributed by atoms with Crippen LogP contribution in [0.15, 0.2) is 0 Å². The van der Waals surface area contributed by atoms with Crippen LogP contribution in [0.3, 0.4) is 0 Å². The maximum atomic E-state index is 10.5. The Balaban J connectivity index is 3.57. The van der Waals surface area contributed by atoms with Crippen LogP contribution in [0, 0.1) is 0 Å². The van der Waals surface area contributed by atoms with Gasteiger partial charge in [0.05, 0.1) is 6.10 Å². The molecule has 0 saturated heterocycles. The molecule has 0 aliphatic carbocycles. The largest absolute Gasteiger partial charge is 0.444 e. The average Bonchev–Trinajstić information content (AvgIpc) is 1.87. The number of aliphatic hydroxyl groups excluding tert-OH is 1. The Bertz CT molecular complexity index is 114. The van der Waals surface area contributed by atoms with Gasteiger partial charge >= 0.3 is 6.09 Å². The lowest BCUT2D eigenvalue weighted by molar-refractivity contribution is 0.0233. The smallest absolute Gasteiger partial charge is 0.407 e. The summed E-state index contributed by atoms with van der Waals surface area (Å²) >= 11 is 0. The van der Waals surface area contributed by atoms with E-state index in [1.54, 1.807) is 13.8 Å². The molecule has 0 aromatic rings. The first kappa shape index (κ1) is 9.23. The fourth-order valence-corrected chi connectivity index (χ4v) is 0.326. The van der Waals surface area contributed by atoms with Crippen molar-refractivity contribution < 1.29 is 14.6 Å². The number of hydrogen-bond donors (Lipinski definition) is 2. The summed E-state index contributed by atoms with van der Waals surface area (Å²) < 4.78 is 4.66. The van der Waals surface area contributed by atoms with Crippen molar-refractivity contribution in [1.82, 2.24) is 5.32 Å². The first-order valence-corrected chi connectivity index (χ1v) is 3.14. The molecule has 10 heavy (non-hydrogen) atoms. The van der Waals surface area contributed by atoms with Crippen molar-refractivity contribution in [3.8, 4) is 0 Å². The van der Waals surface area contributed by atoms with Gasteiger partial charge in [-0.25, -0.2) is 4.79 Å². The van der Waals surface area contributed by atoms with Gasteiger partial charge in [-0.1, -0.05) is 0 Å². The highest BCUT2D eigenvalue weighted by Gasteiger charge is 2.12. The Hall–Kier alpha value is -0.770. The highest BCUT2D eigenvalue weighted by molar-refractivity contribution is 5.66. The molecule has 0 fully saturated rings. The van der Waals surface area contributed by atoms with Crippen LogP contribution in [0.25, 0.3) is 0 Å². The van der Waals surface area contributed by atoms with Gasteiger partial charge in [0.25, 0.3) is 0 Å². The molecule has 4 nitrogen and oxygen atoms in total. The van der Waals surface area contributed by atoms with Crippen molar-refractivity contribution in [2.24, 2.45) is 0 Å². The monoisotopic (exact) mass is 147 g/mol. The lowest BCUT2D eigenvalue weighted by Crippen LogP contribution is -2.30. The van der Waals surface area contributed by atoms with Gasteiger partial charge in [0.15, 0.2) is 0 Å². The number of rotatable bonds is 2. The van der Waals surface area contributed by atoms with E-state index in [-0.39, 0.29) is 0 Å². The molecule has 0 radical (unpaired) electrons. The molecule has 1 amide bonds. The Morgan fingerprint density at radius 3 is 2.40 bits per heavy atom. The van der Waals surface area contributed by atoms with Crippen molar-refractivity contribution in [3.05, 3.63) is 0 Å². The summed E-state index contributed by atoms with van der Waals surface area (Å²) in [6.45, 7) is 3.19. The summed E-state index contributed by atoms with van der Waals surface area (Å²) in [7, 11) is 1.47. The molecule has 0 spiro atoms. The molecule has 2 unspecified atom stereocenters. The fraction of sp³-hybridized carbons (Fsp3) is 0.833. The van der Waals surface area contributed by atoms with Crippen molar-refractivity contribution >= 4 is 6.09 Å². The molecular formula is C6H13NO3. The van der Waals surface area contributed by atoms with Gasteiger partial charge in [-0.3, -0.25) is 0 Å². The van der Waals surface area contributed by atoms with E-state index in [9.17, 15) is 4.79 Å². The van der Waals surface area contributed by atoms with E-state index in [0.29, 0.717) is 0 Å². The minimum absolute atomic E-state index is 0.458. The van der Waals surface area contributed by atoms with Crippen LogP contribution in [-0.2, 0) is 4.74 Å². The van der Waals surface area contributed by atoms with Crippen LogP contribution in [0.5, 0.6) is 0 Å². The Kier molecular flexibility index (Phi) is 3.79. The molecule has 0 bridgehead atoms. The van der Waals surface area contributed by atoms with Crippen LogP contribution in [0.2, 0.25) is 0 Å². The lowest BCUT2D eigenvalue weighted by atomic mass is 10.3. The summed E-state index contributed by atoms with van der Waals surface area (Å²) in [5.74, 6) is 0. The van der Waals surface area contributed by atoms with Gasteiger partial charge in [-0.15, -0.1) is 0 Å². The molecule has 2 atom stereocenters. The second-order valence-electron chi connectivity index (χ2n) is 2.10. The van der Waals surface area contributed by atoms with Gasteiger partial charge in [0, 0.05) is 7.05 Å². The third-order valence-corrected chi connectivity index (χ3v) is 1.18. The maximum absolute atomic E-state index is 10.5. The lowest BCUT2D eigenvalue weighted by Gasteiger charge is -2.14. The number of aliphatic hydroxyl groups is 1. The average molecular weight is 147 g/mol. The SMILES string of the molecule is CNC(=O)OC(C)C(C)O. The molecule has 0 aromatic heterocycles. The van der Waals surface area contributed by atoms with Crippen LogP contribution in [0.4, 0.5) is 4.79 Å². The fourth-order valence-electron chi connectivity index (χ4n) is 0.326. The summed E-state index contributed by atoms with van der Waals surface area (Å²) in [4.78, 5) is 10.5. The second-order valence-corrected chi connectivity index (χ2v) is 2.10. The van der Waals surface area contributed by atoms with Crippen LogP contribution < -0.4 is 5.32 Å². The van der Waals surface area contributed by atoms with Gasteiger partial charge < -0.3 is 15.2 Å². The Morgan fingerprint density at radius 2 is 2.10 bits per heavy atom. The molecule has 0 heterocycles. The van der Waals surface area contributed by atoms with E-state index in [2.05, 4.69) is 10.1 Å². The van der Waals surface area contributed by atoms with Gasteiger partial charge in [-0.05, 0) is 13.8 Å². The number of carbonyl (C=O) groups is 1. The van der Waals surface area contributed by atoms with Crippen molar-refractivity contribution in [1.29, 1.82) is 0 Å². The Morgan fingerprint density at radius 1 is 1.60 bits per heavy atom. The van der Waals surface area contributed by atoms with Crippen molar-refractivity contribution in [3.63, 3.8) is 0 Å². The molecule has 4 heteroatoms. The van der Waals surface area contributed by atoms with Gasteiger partial charge in [-0.2, -0.15) is 0 Å². The number of nitrogens with one attached hydrogen (secondary N) is 1. The van der Waals surface area contributed by atoms with Crippen LogP contribution in [0.1, 0.15) is 13.8 Å². The van der Waals surface area contributed by atoms with E-state index < -0.39 is 18.3 Å². The van der Waals surface area contributed by atoms with Gasteiger partial charge in [0.1, 0.15) is 6.10 Å².